The van der Waals surface area contributed by atoms with E-state index in [2.05, 4.69) is 4.57 Å². The maximum atomic E-state index is 11.7. The number of alkyl halides is 1. The van der Waals surface area contributed by atoms with Crippen LogP contribution < -0.4 is 0 Å². The molecular formula is C13H18ClNO2. The summed E-state index contributed by atoms with van der Waals surface area (Å²) in [5.41, 5.74) is 2.85. The minimum Gasteiger partial charge on any atom is -0.376 e. The van der Waals surface area contributed by atoms with Crippen molar-refractivity contribution in [2.24, 2.45) is 0 Å². The van der Waals surface area contributed by atoms with Gasteiger partial charge < -0.3 is 9.30 Å². The zero-order chi connectivity index (χ0) is 12.4. The van der Waals surface area contributed by atoms with Gasteiger partial charge in [-0.1, -0.05) is 0 Å². The van der Waals surface area contributed by atoms with Crippen LogP contribution in [0.1, 0.15) is 34.6 Å². The first-order valence-electron chi connectivity index (χ1n) is 6.01. The highest BCUT2D eigenvalue weighted by Gasteiger charge is 2.20. The molecule has 1 aliphatic heterocycles. The van der Waals surface area contributed by atoms with Gasteiger partial charge in [-0.25, -0.2) is 0 Å². The van der Waals surface area contributed by atoms with E-state index >= 15 is 0 Å². The number of aromatic nitrogens is 1. The number of aryl methyl sites for hydroxylation is 1. The van der Waals surface area contributed by atoms with Crippen molar-refractivity contribution >= 4 is 17.4 Å². The Labute approximate surface area is 107 Å². The van der Waals surface area contributed by atoms with Crippen LogP contribution in [-0.4, -0.2) is 28.9 Å². The molecule has 0 aliphatic carbocycles. The number of rotatable bonds is 4. The standard InChI is InChI=1S/C13H18ClNO2/c1-9-6-12(13(16)7-14)10(2)15(9)8-11-4-3-5-17-11/h6,11H,3-5,7-8H2,1-2H3/t11-/m1/s1. The van der Waals surface area contributed by atoms with Crippen LogP contribution in [0.4, 0.5) is 0 Å². The van der Waals surface area contributed by atoms with Gasteiger partial charge >= 0.3 is 0 Å². The lowest BCUT2D eigenvalue weighted by Gasteiger charge is -2.14. The first-order valence-corrected chi connectivity index (χ1v) is 6.54. The number of Topliss-reactive ketones (excluding diaryl/α,β-unsaturated/α-hetero) is 1. The van der Waals surface area contributed by atoms with Gasteiger partial charge in [-0.2, -0.15) is 0 Å². The molecular weight excluding hydrogens is 238 g/mol. The summed E-state index contributed by atoms with van der Waals surface area (Å²) >= 11 is 5.61. The molecule has 0 spiro atoms. The van der Waals surface area contributed by atoms with E-state index in [0.717, 1.165) is 42.9 Å². The fourth-order valence-corrected chi connectivity index (χ4v) is 2.57. The monoisotopic (exact) mass is 255 g/mol. The number of ether oxygens (including phenoxy) is 1. The molecule has 94 valence electrons. The summed E-state index contributed by atoms with van der Waals surface area (Å²) in [6, 6.07) is 1.93. The molecule has 0 bridgehead atoms. The van der Waals surface area contributed by atoms with Gasteiger partial charge in [0.2, 0.25) is 0 Å². The van der Waals surface area contributed by atoms with E-state index in [9.17, 15) is 4.79 Å². The summed E-state index contributed by atoms with van der Waals surface area (Å²) in [4.78, 5) is 11.7. The number of ketones is 1. The Morgan fingerprint density at radius 3 is 2.94 bits per heavy atom. The summed E-state index contributed by atoms with van der Waals surface area (Å²) in [6.45, 7) is 5.69. The van der Waals surface area contributed by atoms with Crippen molar-refractivity contribution in [2.45, 2.75) is 39.3 Å². The minimum absolute atomic E-state index is 0.00152. The molecule has 0 aromatic carbocycles. The van der Waals surface area contributed by atoms with Gasteiger partial charge in [-0.3, -0.25) is 4.79 Å². The van der Waals surface area contributed by atoms with E-state index in [1.807, 2.05) is 19.9 Å². The van der Waals surface area contributed by atoms with E-state index < -0.39 is 0 Å². The Kier molecular flexibility index (Phi) is 3.89. The molecule has 1 atom stereocenters. The van der Waals surface area contributed by atoms with E-state index in [-0.39, 0.29) is 11.7 Å². The Bertz CT molecular complexity index is 419. The maximum absolute atomic E-state index is 11.7. The third kappa shape index (κ3) is 2.55. The van der Waals surface area contributed by atoms with Crippen molar-refractivity contribution in [1.29, 1.82) is 0 Å². The van der Waals surface area contributed by atoms with Crippen molar-refractivity contribution < 1.29 is 9.53 Å². The average Bonchev–Trinajstić information content (AvgIpc) is 2.91. The topological polar surface area (TPSA) is 31.2 Å². The van der Waals surface area contributed by atoms with Crippen LogP contribution in [0.2, 0.25) is 0 Å². The Hall–Kier alpha value is -0.800. The van der Waals surface area contributed by atoms with Gasteiger partial charge in [0, 0.05) is 30.1 Å². The van der Waals surface area contributed by atoms with Crippen molar-refractivity contribution in [3.63, 3.8) is 0 Å². The molecule has 1 aromatic heterocycles. The first-order chi connectivity index (χ1) is 8.13. The second kappa shape index (κ2) is 5.23. The van der Waals surface area contributed by atoms with Crippen LogP contribution in [0.25, 0.3) is 0 Å². The molecule has 0 radical (unpaired) electrons. The average molecular weight is 256 g/mol. The molecule has 1 saturated heterocycles. The smallest absolute Gasteiger partial charge is 0.179 e. The number of halogens is 1. The summed E-state index contributed by atoms with van der Waals surface area (Å²) in [7, 11) is 0. The van der Waals surface area contributed by atoms with E-state index in [0.29, 0.717) is 6.10 Å². The molecule has 1 aromatic rings. The summed E-state index contributed by atoms with van der Waals surface area (Å²) < 4.78 is 7.79. The third-order valence-electron chi connectivity index (χ3n) is 3.41. The van der Waals surface area contributed by atoms with Crippen LogP contribution in [-0.2, 0) is 11.3 Å². The van der Waals surface area contributed by atoms with E-state index in [1.165, 1.54) is 0 Å². The summed E-state index contributed by atoms with van der Waals surface area (Å²) in [6.07, 6.45) is 2.53. The molecule has 0 amide bonds. The van der Waals surface area contributed by atoms with E-state index in [4.69, 9.17) is 16.3 Å². The van der Waals surface area contributed by atoms with Gasteiger partial charge in [0.15, 0.2) is 5.78 Å². The van der Waals surface area contributed by atoms with Crippen molar-refractivity contribution in [3.8, 4) is 0 Å². The quantitative estimate of drug-likeness (QED) is 0.612. The molecule has 1 fully saturated rings. The zero-order valence-electron chi connectivity index (χ0n) is 10.3. The normalized spacial score (nSPS) is 19.8. The first kappa shape index (κ1) is 12.7. The fourth-order valence-electron chi connectivity index (χ4n) is 2.43. The molecule has 17 heavy (non-hydrogen) atoms. The molecule has 0 unspecified atom stereocenters. The predicted octanol–water partition coefficient (Wildman–Crippen LogP) is 2.71. The summed E-state index contributed by atoms with van der Waals surface area (Å²) in [5, 5.41) is 0. The lowest BCUT2D eigenvalue weighted by Crippen LogP contribution is -2.17. The fraction of sp³-hybridized carbons (Fsp3) is 0.615. The number of hydrogen-bond donors (Lipinski definition) is 0. The third-order valence-corrected chi connectivity index (χ3v) is 3.65. The Morgan fingerprint density at radius 2 is 2.35 bits per heavy atom. The minimum atomic E-state index is -0.00152. The van der Waals surface area contributed by atoms with Gasteiger partial charge in [-0.05, 0) is 32.8 Å². The molecule has 4 heteroatoms. The molecule has 2 heterocycles. The number of hydrogen-bond acceptors (Lipinski definition) is 2. The lowest BCUT2D eigenvalue weighted by atomic mass is 10.2. The molecule has 1 aliphatic rings. The molecule has 2 rings (SSSR count). The van der Waals surface area contributed by atoms with Crippen LogP contribution in [0.3, 0.4) is 0 Å². The Balaban J connectivity index is 2.21. The second-order valence-electron chi connectivity index (χ2n) is 4.59. The number of carbonyl (C=O) groups excluding carboxylic acids is 1. The van der Waals surface area contributed by atoms with Crippen molar-refractivity contribution in [3.05, 3.63) is 23.0 Å². The van der Waals surface area contributed by atoms with Gasteiger partial charge in [0.05, 0.1) is 12.0 Å². The predicted molar refractivity (Wildman–Crippen MR) is 67.9 cm³/mol. The number of carbonyl (C=O) groups is 1. The maximum Gasteiger partial charge on any atom is 0.179 e. The van der Waals surface area contributed by atoms with Crippen LogP contribution >= 0.6 is 11.6 Å². The van der Waals surface area contributed by atoms with Gasteiger partial charge in [0.1, 0.15) is 0 Å². The second-order valence-corrected chi connectivity index (χ2v) is 4.85. The highest BCUT2D eigenvalue weighted by atomic mass is 35.5. The largest absolute Gasteiger partial charge is 0.376 e. The SMILES string of the molecule is Cc1cc(C(=O)CCl)c(C)n1C[C@H]1CCCO1. The van der Waals surface area contributed by atoms with E-state index in [1.54, 1.807) is 0 Å². The Morgan fingerprint density at radius 1 is 1.59 bits per heavy atom. The lowest BCUT2D eigenvalue weighted by molar-refractivity contribution is 0.0957. The number of nitrogens with zero attached hydrogens (tertiary/aromatic N) is 1. The van der Waals surface area contributed by atoms with Crippen LogP contribution in [0.5, 0.6) is 0 Å². The van der Waals surface area contributed by atoms with Gasteiger partial charge in [0.25, 0.3) is 0 Å². The summed E-state index contributed by atoms with van der Waals surface area (Å²) in [5.74, 6) is 0.0443. The highest BCUT2D eigenvalue weighted by molar-refractivity contribution is 6.30. The van der Waals surface area contributed by atoms with Crippen molar-refractivity contribution in [2.75, 3.05) is 12.5 Å². The molecule has 0 saturated carbocycles. The molecule has 3 nitrogen and oxygen atoms in total. The van der Waals surface area contributed by atoms with Crippen LogP contribution in [0, 0.1) is 13.8 Å². The highest BCUT2D eigenvalue weighted by Crippen LogP contribution is 2.20. The molecule has 0 N–H and O–H groups in total. The van der Waals surface area contributed by atoms with Gasteiger partial charge in [-0.15, -0.1) is 11.6 Å². The van der Waals surface area contributed by atoms with Crippen molar-refractivity contribution in [1.82, 2.24) is 4.57 Å². The zero-order valence-corrected chi connectivity index (χ0v) is 11.1. The van der Waals surface area contributed by atoms with Crippen LogP contribution in [0.15, 0.2) is 6.07 Å².